The van der Waals surface area contributed by atoms with Crippen molar-refractivity contribution in [3.63, 3.8) is 0 Å². The van der Waals surface area contributed by atoms with Gasteiger partial charge in [0.15, 0.2) is 14.7 Å². The molecule has 0 radical (unpaired) electrons. The van der Waals surface area contributed by atoms with Gasteiger partial charge in [-0.2, -0.15) is 0 Å². The first-order valence-electron chi connectivity index (χ1n) is 11.0. The summed E-state index contributed by atoms with van der Waals surface area (Å²) in [5, 5.41) is 2.48. The largest absolute Gasteiger partial charge is 0.496 e. The third-order valence-corrected chi connectivity index (χ3v) is 9.06. The summed E-state index contributed by atoms with van der Waals surface area (Å²) in [4.78, 5) is 5.97. The van der Waals surface area contributed by atoms with Crippen LogP contribution in [0.25, 0.3) is 10.8 Å². The molecule has 0 fully saturated rings. The van der Waals surface area contributed by atoms with E-state index >= 15 is 0 Å². The van der Waals surface area contributed by atoms with Gasteiger partial charge in [0, 0.05) is 23.1 Å². The van der Waals surface area contributed by atoms with Crippen LogP contribution in [-0.2, 0) is 10.9 Å². The number of methoxy groups -OCH3 is 2. The molecule has 1 unspecified atom stereocenters. The fourth-order valence-corrected chi connectivity index (χ4v) is 7.41. The number of hydrogen-bond acceptors (Lipinski definition) is 3. The Bertz CT molecular complexity index is 1400. The third kappa shape index (κ3) is 4.65. The van der Waals surface area contributed by atoms with Crippen LogP contribution >= 0.6 is 11.8 Å². The predicted molar refractivity (Wildman–Crippen MR) is 143 cm³/mol. The molecule has 168 valence electrons. The lowest BCUT2D eigenvalue weighted by Crippen LogP contribution is -2.08. The monoisotopic (exact) mass is 481 g/mol. The van der Waals surface area contributed by atoms with E-state index < -0.39 is 0 Å². The van der Waals surface area contributed by atoms with Gasteiger partial charge in [0.05, 0.1) is 14.2 Å². The van der Waals surface area contributed by atoms with Gasteiger partial charge in [-0.3, -0.25) is 0 Å². The molecule has 0 aliphatic heterocycles. The molecule has 5 rings (SSSR count). The first-order valence-corrected chi connectivity index (χ1v) is 13.1. The second-order valence-corrected chi connectivity index (χ2v) is 10.8. The molecule has 0 spiro atoms. The Morgan fingerprint density at radius 1 is 0.588 bits per heavy atom. The Kier molecular flexibility index (Phi) is 6.79. The van der Waals surface area contributed by atoms with E-state index in [4.69, 9.17) is 9.47 Å². The molecule has 1 atom stereocenters. The Balaban J connectivity index is 1.76. The van der Waals surface area contributed by atoms with Crippen LogP contribution in [0.3, 0.4) is 0 Å². The number of hydrogen-bond donors (Lipinski definition) is 0. The highest BCUT2D eigenvalue weighted by Gasteiger charge is 2.34. The average Bonchev–Trinajstić information content (AvgIpc) is 2.90. The molecule has 0 aliphatic rings. The number of fused-ring (bicyclic) bond motifs is 1. The standard InChI is InChI=1S/C30H25O2S2/c1-31-24-20-28(32-2)30(33-25-13-5-3-6-14-25)29(21-24)34(26-15-7-4-8-16-26)27-18-17-22-11-9-10-12-23(22)19-27/h3-21H,1-2H3/q+1. The molecule has 0 N–H and O–H groups in total. The number of rotatable bonds is 7. The fourth-order valence-electron chi connectivity index (χ4n) is 3.92. The molecule has 0 aliphatic carbocycles. The third-order valence-electron chi connectivity index (χ3n) is 5.57. The van der Waals surface area contributed by atoms with Crippen LogP contribution in [0.2, 0.25) is 0 Å². The van der Waals surface area contributed by atoms with Gasteiger partial charge < -0.3 is 9.47 Å². The second kappa shape index (κ2) is 10.3. The van der Waals surface area contributed by atoms with Gasteiger partial charge in [-0.05, 0) is 47.2 Å². The Labute approximate surface area is 207 Å². The van der Waals surface area contributed by atoms with E-state index in [-0.39, 0.29) is 10.9 Å². The lowest BCUT2D eigenvalue weighted by molar-refractivity contribution is 0.384. The normalized spacial score (nSPS) is 11.8. The summed E-state index contributed by atoms with van der Waals surface area (Å²) in [6, 6.07) is 40.6. The van der Waals surface area contributed by atoms with E-state index in [2.05, 4.69) is 103 Å². The molecule has 34 heavy (non-hydrogen) atoms. The minimum Gasteiger partial charge on any atom is -0.496 e. The van der Waals surface area contributed by atoms with E-state index in [1.165, 1.54) is 30.4 Å². The highest BCUT2D eigenvalue weighted by molar-refractivity contribution is 8.01. The molecule has 5 aromatic rings. The van der Waals surface area contributed by atoms with E-state index in [0.717, 1.165) is 16.4 Å². The van der Waals surface area contributed by atoms with Crippen LogP contribution in [0, 0.1) is 0 Å². The van der Waals surface area contributed by atoms with E-state index in [0.29, 0.717) is 0 Å². The summed E-state index contributed by atoms with van der Waals surface area (Å²) >= 11 is 1.73. The maximum Gasteiger partial charge on any atom is 0.187 e. The first kappa shape index (κ1) is 22.5. The van der Waals surface area contributed by atoms with Gasteiger partial charge in [-0.25, -0.2) is 0 Å². The zero-order valence-electron chi connectivity index (χ0n) is 19.1. The molecule has 0 saturated carbocycles. The summed E-state index contributed by atoms with van der Waals surface area (Å²) < 4.78 is 11.6. The SMILES string of the molecule is COc1cc(OC)c(Sc2ccccc2)c([S+](c2ccccc2)c2ccc3ccccc3c2)c1. The molecular weight excluding hydrogens is 456 g/mol. The molecular formula is C30H25O2S2+. The quantitative estimate of drug-likeness (QED) is 0.219. The Morgan fingerprint density at radius 3 is 1.97 bits per heavy atom. The lowest BCUT2D eigenvalue weighted by Gasteiger charge is -2.16. The maximum atomic E-state index is 5.90. The summed E-state index contributed by atoms with van der Waals surface area (Å²) in [6.45, 7) is 0. The van der Waals surface area contributed by atoms with Crippen LogP contribution in [0.4, 0.5) is 0 Å². The molecule has 0 amide bonds. The first-order chi connectivity index (χ1) is 16.8. The molecule has 0 saturated heterocycles. The van der Waals surface area contributed by atoms with E-state index in [9.17, 15) is 0 Å². The van der Waals surface area contributed by atoms with Crippen LogP contribution in [0.15, 0.2) is 140 Å². The number of benzene rings is 5. The van der Waals surface area contributed by atoms with Crippen molar-refractivity contribution in [3.05, 3.63) is 115 Å². The van der Waals surface area contributed by atoms with Crippen molar-refractivity contribution in [3.8, 4) is 11.5 Å². The van der Waals surface area contributed by atoms with Gasteiger partial charge in [0.2, 0.25) is 0 Å². The van der Waals surface area contributed by atoms with Gasteiger partial charge in [-0.1, -0.05) is 72.4 Å². The van der Waals surface area contributed by atoms with Gasteiger partial charge in [0.25, 0.3) is 0 Å². The Morgan fingerprint density at radius 2 is 1.26 bits per heavy atom. The molecule has 4 heteroatoms. The molecule has 2 nitrogen and oxygen atoms in total. The van der Waals surface area contributed by atoms with E-state index in [1.807, 2.05) is 12.1 Å². The summed E-state index contributed by atoms with van der Waals surface area (Å²) in [5.74, 6) is 1.61. The molecule has 5 aromatic carbocycles. The van der Waals surface area contributed by atoms with Crippen LogP contribution in [-0.4, -0.2) is 14.2 Å². The van der Waals surface area contributed by atoms with Crippen molar-refractivity contribution in [2.75, 3.05) is 14.2 Å². The maximum absolute atomic E-state index is 5.90. The van der Waals surface area contributed by atoms with Crippen molar-refractivity contribution >= 4 is 33.4 Å². The van der Waals surface area contributed by atoms with Crippen LogP contribution in [0.5, 0.6) is 11.5 Å². The Hall–Kier alpha value is -3.34. The highest BCUT2D eigenvalue weighted by atomic mass is 32.2. The highest BCUT2D eigenvalue weighted by Crippen LogP contribution is 2.46. The van der Waals surface area contributed by atoms with Crippen LogP contribution < -0.4 is 9.47 Å². The van der Waals surface area contributed by atoms with Crippen molar-refractivity contribution in [2.24, 2.45) is 0 Å². The zero-order valence-corrected chi connectivity index (χ0v) is 20.7. The molecule has 0 bridgehead atoms. The fraction of sp³-hybridized carbons (Fsp3) is 0.0667. The second-order valence-electron chi connectivity index (χ2n) is 7.70. The van der Waals surface area contributed by atoms with E-state index in [1.54, 1.807) is 26.0 Å². The summed E-state index contributed by atoms with van der Waals surface area (Å²) in [5.41, 5.74) is 0. The van der Waals surface area contributed by atoms with Gasteiger partial charge in [-0.15, -0.1) is 0 Å². The summed E-state index contributed by atoms with van der Waals surface area (Å²) in [6.07, 6.45) is 0. The molecule has 0 aromatic heterocycles. The predicted octanol–water partition coefficient (Wildman–Crippen LogP) is 8.10. The average molecular weight is 482 g/mol. The van der Waals surface area contributed by atoms with Crippen molar-refractivity contribution < 1.29 is 9.47 Å². The molecule has 0 heterocycles. The van der Waals surface area contributed by atoms with Gasteiger partial charge in [0.1, 0.15) is 27.3 Å². The minimum absolute atomic E-state index is 0.360. The van der Waals surface area contributed by atoms with Crippen molar-refractivity contribution in [1.29, 1.82) is 0 Å². The number of ether oxygens (including phenoxy) is 2. The smallest absolute Gasteiger partial charge is 0.187 e. The zero-order chi connectivity index (χ0) is 23.3. The summed E-state index contributed by atoms with van der Waals surface area (Å²) in [7, 11) is 3.07. The van der Waals surface area contributed by atoms with Crippen LogP contribution in [0.1, 0.15) is 0 Å². The van der Waals surface area contributed by atoms with Crippen molar-refractivity contribution in [1.82, 2.24) is 0 Å². The minimum atomic E-state index is -0.360. The van der Waals surface area contributed by atoms with Crippen molar-refractivity contribution in [2.45, 2.75) is 24.5 Å². The topological polar surface area (TPSA) is 18.5 Å². The van der Waals surface area contributed by atoms with Gasteiger partial charge >= 0.3 is 0 Å². The lowest BCUT2D eigenvalue weighted by atomic mass is 10.1.